The average molecular weight is 247 g/mol. The van der Waals surface area contributed by atoms with Crippen molar-refractivity contribution in [2.45, 2.75) is 26.3 Å². The Bertz CT molecular complexity index is 429. The van der Waals surface area contributed by atoms with Gasteiger partial charge in [-0.15, -0.1) is 0 Å². The first-order chi connectivity index (χ1) is 8.78. The third-order valence-electron chi connectivity index (χ3n) is 2.95. The van der Waals surface area contributed by atoms with Gasteiger partial charge in [0.15, 0.2) is 5.96 Å². The Balaban J connectivity index is 1.96. The van der Waals surface area contributed by atoms with Crippen molar-refractivity contribution in [1.29, 1.82) is 0 Å². The van der Waals surface area contributed by atoms with Crippen LogP contribution in [0.25, 0.3) is 0 Å². The average Bonchev–Trinajstić information content (AvgIpc) is 2.64. The summed E-state index contributed by atoms with van der Waals surface area (Å²) in [5.41, 5.74) is 2.42. The van der Waals surface area contributed by atoms with Gasteiger partial charge in [0.2, 0.25) is 0 Å². The molecule has 0 spiro atoms. The summed E-state index contributed by atoms with van der Waals surface area (Å²) >= 11 is 0. The van der Waals surface area contributed by atoms with Gasteiger partial charge in [-0.3, -0.25) is 4.99 Å². The van der Waals surface area contributed by atoms with Gasteiger partial charge in [-0.25, -0.2) is 0 Å². The number of benzene rings is 1. The van der Waals surface area contributed by atoms with Crippen LogP contribution in [0.15, 0.2) is 23.2 Å². The highest BCUT2D eigenvalue weighted by Crippen LogP contribution is 2.16. The van der Waals surface area contributed by atoms with Gasteiger partial charge in [-0.2, -0.15) is 0 Å². The highest BCUT2D eigenvalue weighted by molar-refractivity contribution is 5.79. The predicted molar refractivity (Wildman–Crippen MR) is 74.1 cm³/mol. The second-order valence-corrected chi connectivity index (χ2v) is 4.58. The minimum atomic E-state index is 0.768. The number of methoxy groups -OCH3 is 1. The number of rotatable bonds is 3. The van der Waals surface area contributed by atoms with Crippen LogP contribution < -0.4 is 15.4 Å². The van der Waals surface area contributed by atoms with Crippen molar-refractivity contribution in [2.75, 3.05) is 20.2 Å². The van der Waals surface area contributed by atoms with E-state index in [0.717, 1.165) is 37.8 Å². The number of nitrogens with one attached hydrogen (secondary N) is 2. The molecular weight excluding hydrogens is 226 g/mol. The largest absolute Gasteiger partial charge is 0.497 e. The minimum Gasteiger partial charge on any atom is -0.497 e. The molecule has 2 N–H and O–H groups in total. The van der Waals surface area contributed by atoms with Crippen molar-refractivity contribution in [3.05, 3.63) is 29.3 Å². The standard InChI is InChI=1S/C14H21N3O/c1-11-7-12(9-13(8-11)18-2)10-17-14-15-5-3-4-6-16-14/h7-9H,3-6,10H2,1-2H3,(H2,15,16,17). The molecule has 1 aliphatic heterocycles. The van der Waals surface area contributed by atoms with E-state index in [2.05, 4.69) is 34.7 Å². The molecule has 0 bridgehead atoms. The van der Waals surface area contributed by atoms with Gasteiger partial charge < -0.3 is 15.4 Å². The lowest BCUT2D eigenvalue weighted by Crippen LogP contribution is -2.36. The van der Waals surface area contributed by atoms with Crippen LogP contribution in [0.3, 0.4) is 0 Å². The van der Waals surface area contributed by atoms with Crippen molar-refractivity contribution >= 4 is 5.96 Å². The van der Waals surface area contributed by atoms with Gasteiger partial charge >= 0.3 is 0 Å². The summed E-state index contributed by atoms with van der Waals surface area (Å²) in [6, 6.07) is 6.24. The van der Waals surface area contributed by atoms with Crippen molar-refractivity contribution in [3.63, 3.8) is 0 Å². The molecular formula is C14H21N3O. The van der Waals surface area contributed by atoms with Gasteiger partial charge in [0.05, 0.1) is 7.11 Å². The van der Waals surface area contributed by atoms with E-state index in [0.29, 0.717) is 0 Å². The number of aliphatic imine (C=N–C) groups is 1. The molecule has 0 aromatic heterocycles. The zero-order chi connectivity index (χ0) is 12.8. The van der Waals surface area contributed by atoms with E-state index in [1.54, 1.807) is 7.11 Å². The molecule has 1 aliphatic rings. The van der Waals surface area contributed by atoms with Crippen molar-refractivity contribution in [1.82, 2.24) is 10.6 Å². The maximum absolute atomic E-state index is 5.27. The topological polar surface area (TPSA) is 45.6 Å². The molecule has 1 heterocycles. The molecule has 0 saturated heterocycles. The molecule has 0 fully saturated rings. The molecule has 0 saturated carbocycles. The van der Waals surface area contributed by atoms with E-state index in [9.17, 15) is 0 Å². The first-order valence-corrected chi connectivity index (χ1v) is 6.44. The van der Waals surface area contributed by atoms with Crippen LogP contribution in [0.5, 0.6) is 5.75 Å². The van der Waals surface area contributed by atoms with Crippen LogP contribution in [0.4, 0.5) is 0 Å². The number of aryl methyl sites for hydroxylation is 1. The Morgan fingerprint density at radius 3 is 3.06 bits per heavy atom. The van der Waals surface area contributed by atoms with E-state index in [-0.39, 0.29) is 0 Å². The molecule has 2 rings (SSSR count). The van der Waals surface area contributed by atoms with E-state index in [1.165, 1.54) is 17.5 Å². The summed E-state index contributed by atoms with van der Waals surface area (Å²) < 4.78 is 5.27. The first-order valence-electron chi connectivity index (χ1n) is 6.44. The molecule has 98 valence electrons. The van der Waals surface area contributed by atoms with Crippen LogP contribution in [-0.4, -0.2) is 26.2 Å². The number of hydrogen-bond donors (Lipinski definition) is 2. The van der Waals surface area contributed by atoms with E-state index in [1.807, 2.05) is 6.07 Å². The zero-order valence-electron chi connectivity index (χ0n) is 11.1. The quantitative estimate of drug-likeness (QED) is 0.856. The predicted octanol–water partition coefficient (Wildman–Crippen LogP) is 1.83. The maximum Gasteiger partial charge on any atom is 0.191 e. The van der Waals surface area contributed by atoms with E-state index in [4.69, 9.17) is 4.74 Å². The third-order valence-corrected chi connectivity index (χ3v) is 2.95. The summed E-state index contributed by atoms with van der Waals surface area (Å²) in [6.07, 6.45) is 2.35. The summed E-state index contributed by atoms with van der Waals surface area (Å²) in [5.74, 6) is 1.82. The summed E-state index contributed by atoms with van der Waals surface area (Å²) in [6.45, 7) is 4.76. The first kappa shape index (κ1) is 12.7. The maximum atomic E-state index is 5.27. The Labute approximate surface area is 108 Å². The fourth-order valence-electron chi connectivity index (χ4n) is 2.04. The molecule has 4 nitrogen and oxygen atoms in total. The Hall–Kier alpha value is -1.71. The zero-order valence-corrected chi connectivity index (χ0v) is 11.1. The normalized spacial score (nSPS) is 15.3. The molecule has 1 aromatic carbocycles. The molecule has 0 aliphatic carbocycles. The third kappa shape index (κ3) is 3.65. The van der Waals surface area contributed by atoms with E-state index >= 15 is 0 Å². The van der Waals surface area contributed by atoms with Gasteiger partial charge in [0, 0.05) is 19.6 Å². The molecule has 1 aromatic rings. The molecule has 0 unspecified atom stereocenters. The minimum absolute atomic E-state index is 0.768. The smallest absolute Gasteiger partial charge is 0.191 e. The lowest BCUT2D eigenvalue weighted by Gasteiger charge is -2.11. The summed E-state index contributed by atoms with van der Waals surface area (Å²) in [4.78, 5) is 4.47. The van der Waals surface area contributed by atoms with E-state index < -0.39 is 0 Å². The molecule has 0 radical (unpaired) electrons. The monoisotopic (exact) mass is 247 g/mol. The second-order valence-electron chi connectivity index (χ2n) is 4.58. The molecule has 0 atom stereocenters. The Kier molecular flexibility index (Phi) is 4.45. The fourth-order valence-corrected chi connectivity index (χ4v) is 2.04. The molecule has 4 heteroatoms. The van der Waals surface area contributed by atoms with Crippen molar-refractivity contribution in [2.24, 2.45) is 4.99 Å². The Morgan fingerprint density at radius 2 is 2.22 bits per heavy atom. The fraction of sp³-hybridized carbons (Fsp3) is 0.500. The highest BCUT2D eigenvalue weighted by Gasteiger charge is 2.03. The van der Waals surface area contributed by atoms with Gasteiger partial charge in [0.25, 0.3) is 0 Å². The summed E-state index contributed by atoms with van der Waals surface area (Å²) in [7, 11) is 1.70. The number of nitrogens with zero attached hydrogens (tertiary/aromatic N) is 1. The summed E-state index contributed by atoms with van der Waals surface area (Å²) in [5, 5.41) is 6.64. The SMILES string of the molecule is COc1cc(C)cc(CNC2=NCCCCN2)c1. The lowest BCUT2D eigenvalue weighted by atomic mass is 10.1. The molecule has 0 amide bonds. The second kappa shape index (κ2) is 6.28. The highest BCUT2D eigenvalue weighted by atomic mass is 16.5. The number of guanidine groups is 1. The van der Waals surface area contributed by atoms with Crippen LogP contribution in [0.1, 0.15) is 24.0 Å². The van der Waals surface area contributed by atoms with Crippen molar-refractivity contribution in [3.8, 4) is 5.75 Å². The Morgan fingerprint density at radius 1 is 1.33 bits per heavy atom. The number of ether oxygens (including phenoxy) is 1. The van der Waals surface area contributed by atoms with Crippen LogP contribution in [-0.2, 0) is 6.54 Å². The van der Waals surface area contributed by atoms with Gasteiger partial charge in [-0.1, -0.05) is 6.07 Å². The van der Waals surface area contributed by atoms with Crippen LogP contribution in [0, 0.1) is 6.92 Å². The van der Waals surface area contributed by atoms with Gasteiger partial charge in [-0.05, 0) is 43.0 Å². The molecule has 18 heavy (non-hydrogen) atoms. The van der Waals surface area contributed by atoms with Crippen molar-refractivity contribution < 1.29 is 4.74 Å². The van der Waals surface area contributed by atoms with Gasteiger partial charge in [0.1, 0.15) is 5.75 Å². The van der Waals surface area contributed by atoms with Crippen LogP contribution >= 0.6 is 0 Å². The lowest BCUT2D eigenvalue weighted by molar-refractivity contribution is 0.414. The number of hydrogen-bond acceptors (Lipinski definition) is 4. The van der Waals surface area contributed by atoms with Crippen LogP contribution in [0.2, 0.25) is 0 Å².